The van der Waals surface area contributed by atoms with Gasteiger partial charge in [0.2, 0.25) is 0 Å². The minimum absolute atomic E-state index is 0.0560. The standard InChI is InChI=1S/C27H37N3O5/c1-16(2)15-35-27(34)22(19(5)32)9-7-20-8-10-24-23(12-20)28-25(30(24)18(4)14-31)21-11-17(3)26(33)29(6)13-21/h8,10-13,16,18-19,22,31-32H,7,9,14-15H2,1-6H3/t18-,19-,22+/m1/s1. The van der Waals surface area contributed by atoms with Crippen LogP contribution in [-0.4, -0.2) is 49.6 Å². The molecule has 0 saturated carbocycles. The Morgan fingerprint density at radius 1 is 1.17 bits per heavy atom. The summed E-state index contributed by atoms with van der Waals surface area (Å²) in [6, 6.07) is 7.54. The molecule has 3 atom stereocenters. The molecule has 0 amide bonds. The third-order valence-corrected chi connectivity index (χ3v) is 6.27. The van der Waals surface area contributed by atoms with Crippen LogP contribution in [0, 0.1) is 18.8 Å². The number of benzene rings is 1. The molecule has 3 aromatic rings. The number of hydrogen-bond donors (Lipinski definition) is 2. The second-order valence-corrected chi connectivity index (χ2v) is 9.90. The van der Waals surface area contributed by atoms with Crippen molar-refractivity contribution in [2.24, 2.45) is 18.9 Å². The first kappa shape index (κ1) is 26.6. The SMILES string of the molecule is Cc1cc(-c2nc3cc(CC[C@H](C(=O)OCC(C)C)[C@@H](C)O)ccc3n2[C@H](C)CO)cn(C)c1=O. The quantitative estimate of drug-likeness (QED) is 0.428. The molecule has 0 spiro atoms. The smallest absolute Gasteiger partial charge is 0.311 e. The van der Waals surface area contributed by atoms with Gasteiger partial charge in [-0.2, -0.15) is 0 Å². The number of aliphatic hydroxyl groups is 2. The van der Waals surface area contributed by atoms with Crippen LogP contribution in [-0.2, 0) is 23.0 Å². The zero-order valence-electron chi connectivity index (χ0n) is 21.5. The third-order valence-electron chi connectivity index (χ3n) is 6.27. The van der Waals surface area contributed by atoms with Crippen LogP contribution < -0.4 is 5.56 Å². The molecule has 190 valence electrons. The molecule has 3 rings (SSSR count). The van der Waals surface area contributed by atoms with Crippen molar-refractivity contribution in [2.75, 3.05) is 13.2 Å². The lowest BCUT2D eigenvalue weighted by atomic mass is 9.95. The zero-order chi connectivity index (χ0) is 25.9. The molecular weight excluding hydrogens is 446 g/mol. The van der Waals surface area contributed by atoms with Gasteiger partial charge in [-0.3, -0.25) is 9.59 Å². The van der Waals surface area contributed by atoms with Gasteiger partial charge >= 0.3 is 5.97 Å². The number of nitrogens with zero attached hydrogens (tertiary/aromatic N) is 3. The van der Waals surface area contributed by atoms with Crippen molar-refractivity contribution in [3.05, 3.63) is 51.9 Å². The molecule has 35 heavy (non-hydrogen) atoms. The number of aromatic nitrogens is 3. The average molecular weight is 484 g/mol. The number of fused-ring (bicyclic) bond motifs is 1. The monoisotopic (exact) mass is 483 g/mol. The second kappa shape index (κ2) is 11.2. The van der Waals surface area contributed by atoms with E-state index in [0.717, 1.165) is 22.2 Å². The number of carbonyl (C=O) groups excluding carboxylic acids is 1. The number of rotatable bonds is 10. The maximum atomic E-state index is 12.5. The average Bonchev–Trinajstić information content (AvgIpc) is 3.19. The summed E-state index contributed by atoms with van der Waals surface area (Å²) in [5.41, 5.74) is 3.98. The number of aryl methyl sites for hydroxylation is 3. The minimum atomic E-state index is -0.803. The molecule has 0 fully saturated rings. The minimum Gasteiger partial charge on any atom is -0.465 e. The molecule has 0 bridgehead atoms. The van der Waals surface area contributed by atoms with Gasteiger partial charge < -0.3 is 24.1 Å². The third kappa shape index (κ3) is 6.00. The van der Waals surface area contributed by atoms with Crippen LogP contribution in [0.3, 0.4) is 0 Å². The van der Waals surface area contributed by atoms with Crippen LogP contribution in [0.5, 0.6) is 0 Å². The highest BCUT2D eigenvalue weighted by Crippen LogP contribution is 2.29. The van der Waals surface area contributed by atoms with E-state index in [0.29, 0.717) is 30.8 Å². The molecule has 0 radical (unpaired) electrons. The molecular formula is C27H37N3O5. The summed E-state index contributed by atoms with van der Waals surface area (Å²) in [7, 11) is 1.71. The normalized spacial score (nSPS) is 14.3. The lowest BCUT2D eigenvalue weighted by molar-refractivity contribution is -0.153. The maximum absolute atomic E-state index is 12.5. The molecule has 2 N–H and O–H groups in total. The molecule has 8 nitrogen and oxygen atoms in total. The van der Waals surface area contributed by atoms with Gasteiger partial charge in [0.25, 0.3) is 5.56 Å². The van der Waals surface area contributed by atoms with Gasteiger partial charge in [-0.25, -0.2) is 4.98 Å². The molecule has 2 aromatic heterocycles. The van der Waals surface area contributed by atoms with E-state index in [-0.39, 0.29) is 30.1 Å². The number of aliphatic hydroxyl groups excluding tert-OH is 2. The highest BCUT2D eigenvalue weighted by atomic mass is 16.5. The molecule has 1 aromatic carbocycles. The predicted octanol–water partition coefficient (Wildman–Crippen LogP) is 3.39. The van der Waals surface area contributed by atoms with Crippen LogP contribution in [0.2, 0.25) is 0 Å². The topological polar surface area (TPSA) is 107 Å². The summed E-state index contributed by atoms with van der Waals surface area (Å²) in [6.45, 7) is 9.54. The highest BCUT2D eigenvalue weighted by Gasteiger charge is 2.25. The fourth-order valence-corrected chi connectivity index (χ4v) is 4.27. The van der Waals surface area contributed by atoms with Gasteiger partial charge in [0, 0.05) is 24.4 Å². The van der Waals surface area contributed by atoms with E-state index in [4.69, 9.17) is 9.72 Å². The first-order valence-electron chi connectivity index (χ1n) is 12.2. The number of carbonyl (C=O) groups is 1. The van der Waals surface area contributed by atoms with Crippen LogP contribution >= 0.6 is 0 Å². The Balaban J connectivity index is 1.94. The van der Waals surface area contributed by atoms with Crippen molar-refractivity contribution >= 4 is 17.0 Å². The van der Waals surface area contributed by atoms with E-state index in [1.165, 1.54) is 4.57 Å². The molecule has 0 saturated heterocycles. The highest BCUT2D eigenvalue weighted by molar-refractivity contribution is 5.81. The summed E-state index contributed by atoms with van der Waals surface area (Å²) in [6.07, 6.45) is 2.00. The van der Waals surface area contributed by atoms with Crippen LogP contribution in [0.15, 0.2) is 35.3 Å². The Bertz CT molecular complexity index is 1220. The van der Waals surface area contributed by atoms with E-state index < -0.39 is 12.0 Å². The van der Waals surface area contributed by atoms with Crippen molar-refractivity contribution in [3.8, 4) is 11.4 Å². The van der Waals surface area contributed by atoms with Gasteiger partial charge in [0.1, 0.15) is 5.82 Å². The van der Waals surface area contributed by atoms with E-state index >= 15 is 0 Å². The van der Waals surface area contributed by atoms with E-state index in [2.05, 4.69) is 0 Å². The van der Waals surface area contributed by atoms with Crippen LogP contribution in [0.1, 0.15) is 51.3 Å². The van der Waals surface area contributed by atoms with E-state index in [1.807, 2.05) is 49.6 Å². The molecule has 0 aliphatic heterocycles. The molecule has 0 aliphatic rings. The van der Waals surface area contributed by atoms with E-state index in [1.54, 1.807) is 27.1 Å². The summed E-state index contributed by atoms with van der Waals surface area (Å²) >= 11 is 0. The zero-order valence-corrected chi connectivity index (χ0v) is 21.5. The van der Waals surface area contributed by atoms with Crippen LogP contribution in [0.4, 0.5) is 0 Å². The molecule has 8 heteroatoms. The van der Waals surface area contributed by atoms with Crippen molar-refractivity contribution in [1.82, 2.24) is 14.1 Å². The van der Waals surface area contributed by atoms with Crippen molar-refractivity contribution in [1.29, 1.82) is 0 Å². The van der Waals surface area contributed by atoms with Gasteiger partial charge in [-0.1, -0.05) is 19.9 Å². The fourth-order valence-electron chi connectivity index (χ4n) is 4.27. The molecule has 0 aliphatic carbocycles. The first-order valence-corrected chi connectivity index (χ1v) is 12.2. The van der Waals surface area contributed by atoms with E-state index in [9.17, 15) is 19.8 Å². The Hall–Kier alpha value is -2.97. The Morgan fingerprint density at radius 2 is 1.89 bits per heavy atom. The van der Waals surface area contributed by atoms with Crippen molar-refractivity contribution < 1.29 is 19.7 Å². The fraction of sp³-hybridized carbons (Fsp3) is 0.519. The maximum Gasteiger partial charge on any atom is 0.311 e. The van der Waals surface area contributed by atoms with Crippen molar-refractivity contribution in [2.45, 2.75) is 59.6 Å². The molecule has 0 unspecified atom stereocenters. The van der Waals surface area contributed by atoms with Gasteiger partial charge in [-0.05, 0) is 63.3 Å². The number of ether oxygens (including phenoxy) is 1. The summed E-state index contributed by atoms with van der Waals surface area (Å²) < 4.78 is 8.88. The number of hydrogen-bond acceptors (Lipinski definition) is 6. The van der Waals surface area contributed by atoms with Gasteiger partial charge in [0.05, 0.1) is 42.3 Å². The Morgan fingerprint density at radius 3 is 2.49 bits per heavy atom. The van der Waals surface area contributed by atoms with Gasteiger partial charge in [-0.15, -0.1) is 0 Å². The van der Waals surface area contributed by atoms with Crippen molar-refractivity contribution in [3.63, 3.8) is 0 Å². The largest absolute Gasteiger partial charge is 0.465 e. The van der Waals surface area contributed by atoms with Crippen LogP contribution in [0.25, 0.3) is 22.4 Å². The summed E-state index contributed by atoms with van der Waals surface area (Å²) in [5, 5.41) is 20.1. The first-order chi connectivity index (χ1) is 16.5. The Labute approximate surface area is 206 Å². The predicted molar refractivity (Wildman–Crippen MR) is 136 cm³/mol. The van der Waals surface area contributed by atoms with Gasteiger partial charge in [0.15, 0.2) is 0 Å². The lowest BCUT2D eigenvalue weighted by Gasteiger charge is -2.19. The lowest BCUT2D eigenvalue weighted by Crippen LogP contribution is -2.29. The number of pyridine rings is 1. The number of imidazole rings is 1. The number of esters is 1. The summed E-state index contributed by atoms with van der Waals surface area (Å²) in [4.78, 5) is 29.5. The molecule has 2 heterocycles. The Kier molecular flexibility index (Phi) is 8.51. The second-order valence-electron chi connectivity index (χ2n) is 9.90. The summed E-state index contributed by atoms with van der Waals surface area (Å²) in [5.74, 6) is -0.0577.